The van der Waals surface area contributed by atoms with Crippen molar-refractivity contribution in [3.63, 3.8) is 0 Å². The first-order valence-corrected chi connectivity index (χ1v) is 10.8. The Morgan fingerprint density at radius 3 is 2.14 bits per heavy atom. The van der Waals surface area contributed by atoms with Crippen LogP contribution in [0.2, 0.25) is 5.02 Å². The first kappa shape index (κ1) is 19.2. The van der Waals surface area contributed by atoms with Crippen LogP contribution < -0.4 is 10.0 Å². The lowest BCUT2D eigenvalue weighted by Gasteiger charge is -2.13. The summed E-state index contributed by atoms with van der Waals surface area (Å²) < 4.78 is 28.3. The fourth-order valence-corrected chi connectivity index (χ4v) is 4.66. The summed E-state index contributed by atoms with van der Waals surface area (Å²) >= 11 is 6.34. The number of benzene rings is 3. The molecule has 0 spiro atoms. The number of para-hydroxylation sites is 2. The highest BCUT2D eigenvalue weighted by Crippen LogP contribution is 2.31. The largest absolute Gasteiger partial charge is 0.340 e. The van der Waals surface area contributed by atoms with Crippen LogP contribution >= 0.6 is 11.6 Å². The van der Waals surface area contributed by atoms with Crippen LogP contribution in [0.1, 0.15) is 5.56 Å². The van der Waals surface area contributed by atoms with Crippen LogP contribution in [-0.4, -0.2) is 13.4 Å². The van der Waals surface area contributed by atoms with Gasteiger partial charge in [-0.2, -0.15) is 0 Å². The molecule has 0 bridgehead atoms. The average Bonchev–Trinajstić information content (AvgIpc) is 2.68. The molecule has 0 saturated carbocycles. The monoisotopic (exact) mass is 423 g/mol. The van der Waals surface area contributed by atoms with Gasteiger partial charge in [0.1, 0.15) is 10.7 Å². The number of nitrogens with one attached hydrogen (secondary N) is 2. The lowest BCUT2D eigenvalue weighted by atomic mass is 10.1. The minimum atomic E-state index is -3.84. The van der Waals surface area contributed by atoms with E-state index in [1.165, 1.54) is 0 Å². The smallest absolute Gasteiger partial charge is 0.263 e. The summed E-state index contributed by atoms with van der Waals surface area (Å²) in [6.45, 7) is 1.91. The third-order valence-corrected chi connectivity index (χ3v) is 6.28. The molecule has 0 fully saturated rings. The second kappa shape index (κ2) is 7.73. The van der Waals surface area contributed by atoms with Crippen LogP contribution in [0, 0.1) is 6.92 Å². The fraction of sp³-hybridized carbons (Fsp3) is 0.0455. The van der Waals surface area contributed by atoms with Gasteiger partial charge >= 0.3 is 0 Å². The van der Waals surface area contributed by atoms with E-state index in [9.17, 15) is 8.42 Å². The van der Waals surface area contributed by atoms with E-state index in [4.69, 9.17) is 11.6 Å². The SMILES string of the molecule is Cc1cc(Nc2ccccc2)nc2cc(Cl)c(S(=O)(=O)Nc3ccccc3)cc12. The maximum absolute atomic E-state index is 12.9. The van der Waals surface area contributed by atoms with E-state index >= 15 is 0 Å². The van der Waals surface area contributed by atoms with Gasteiger partial charge in [-0.1, -0.05) is 48.0 Å². The Morgan fingerprint density at radius 1 is 0.862 bits per heavy atom. The highest BCUT2D eigenvalue weighted by Gasteiger charge is 2.20. The van der Waals surface area contributed by atoms with E-state index < -0.39 is 10.0 Å². The van der Waals surface area contributed by atoms with Gasteiger partial charge in [-0.25, -0.2) is 13.4 Å². The summed E-state index contributed by atoms with van der Waals surface area (Å²) in [7, 11) is -3.84. The number of pyridine rings is 1. The van der Waals surface area contributed by atoms with Crippen molar-refractivity contribution >= 4 is 49.7 Å². The molecule has 4 rings (SSSR count). The third kappa shape index (κ3) is 4.18. The number of aromatic nitrogens is 1. The zero-order valence-electron chi connectivity index (χ0n) is 15.6. The van der Waals surface area contributed by atoms with Crippen LogP contribution in [0.5, 0.6) is 0 Å². The standard InChI is InChI=1S/C22H18ClN3O2S/c1-15-12-22(24-16-8-4-2-5-9-16)25-20-14-19(23)21(13-18(15)20)29(27,28)26-17-10-6-3-7-11-17/h2-14,26H,1H3,(H,24,25). The number of hydrogen-bond donors (Lipinski definition) is 2. The molecule has 0 atom stereocenters. The zero-order chi connectivity index (χ0) is 20.4. The van der Waals surface area contributed by atoms with Gasteiger partial charge in [-0.15, -0.1) is 0 Å². The maximum Gasteiger partial charge on any atom is 0.263 e. The molecular weight excluding hydrogens is 406 g/mol. The van der Waals surface area contributed by atoms with E-state index in [1.807, 2.05) is 49.4 Å². The molecule has 3 aromatic carbocycles. The van der Waals surface area contributed by atoms with Crippen molar-refractivity contribution in [2.45, 2.75) is 11.8 Å². The Hall–Kier alpha value is -3.09. The van der Waals surface area contributed by atoms with Crippen molar-refractivity contribution < 1.29 is 8.42 Å². The number of rotatable bonds is 5. The van der Waals surface area contributed by atoms with Gasteiger partial charge in [0, 0.05) is 16.8 Å². The highest BCUT2D eigenvalue weighted by molar-refractivity contribution is 7.92. The summed E-state index contributed by atoms with van der Waals surface area (Å²) in [5.41, 5.74) is 2.89. The maximum atomic E-state index is 12.9. The summed E-state index contributed by atoms with van der Waals surface area (Å²) in [5.74, 6) is 0.662. The minimum absolute atomic E-state index is 0.0178. The molecule has 1 heterocycles. The number of anilines is 3. The minimum Gasteiger partial charge on any atom is -0.340 e. The molecule has 2 N–H and O–H groups in total. The predicted octanol–water partition coefficient (Wildman–Crippen LogP) is 5.74. The van der Waals surface area contributed by atoms with E-state index in [0.717, 1.165) is 16.6 Å². The molecule has 4 aromatic rings. The molecule has 0 aliphatic carbocycles. The predicted molar refractivity (Wildman–Crippen MR) is 118 cm³/mol. The van der Waals surface area contributed by atoms with E-state index in [2.05, 4.69) is 15.0 Å². The fourth-order valence-electron chi connectivity index (χ4n) is 3.05. The third-order valence-electron chi connectivity index (χ3n) is 4.43. The average molecular weight is 424 g/mol. The summed E-state index contributed by atoms with van der Waals surface area (Å²) in [6, 6.07) is 23.4. The molecule has 0 saturated heterocycles. The Morgan fingerprint density at radius 2 is 1.48 bits per heavy atom. The van der Waals surface area contributed by atoms with Crippen molar-refractivity contribution in [3.8, 4) is 0 Å². The number of sulfonamides is 1. The van der Waals surface area contributed by atoms with Gasteiger partial charge < -0.3 is 5.32 Å². The normalized spacial score (nSPS) is 11.4. The number of nitrogens with zero attached hydrogens (tertiary/aromatic N) is 1. The van der Waals surface area contributed by atoms with Gasteiger partial charge in [0.05, 0.1) is 10.5 Å². The molecule has 1 aromatic heterocycles. The van der Waals surface area contributed by atoms with Gasteiger partial charge in [-0.05, 0) is 55.0 Å². The molecule has 0 unspecified atom stereocenters. The van der Waals surface area contributed by atoms with E-state index in [0.29, 0.717) is 17.0 Å². The van der Waals surface area contributed by atoms with Crippen molar-refractivity contribution in [3.05, 3.63) is 89.4 Å². The molecule has 7 heteroatoms. The van der Waals surface area contributed by atoms with Crippen LogP contribution in [0.25, 0.3) is 10.9 Å². The summed E-state index contributed by atoms with van der Waals surface area (Å²) in [6.07, 6.45) is 0. The number of halogens is 1. The van der Waals surface area contributed by atoms with Crippen LogP contribution in [0.3, 0.4) is 0 Å². The van der Waals surface area contributed by atoms with E-state index in [-0.39, 0.29) is 9.92 Å². The van der Waals surface area contributed by atoms with Crippen LogP contribution in [0.15, 0.2) is 83.8 Å². The Kier molecular flexibility index (Phi) is 5.13. The van der Waals surface area contributed by atoms with Crippen molar-refractivity contribution in [2.24, 2.45) is 0 Å². The summed E-state index contributed by atoms with van der Waals surface area (Å²) in [4.78, 5) is 4.61. The molecule has 0 aliphatic heterocycles. The molecule has 0 aliphatic rings. The van der Waals surface area contributed by atoms with Gasteiger partial charge in [0.25, 0.3) is 10.0 Å². The Balaban J connectivity index is 1.73. The zero-order valence-corrected chi connectivity index (χ0v) is 17.1. The molecule has 0 radical (unpaired) electrons. The quantitative estimate of drug-likeness (QED) is 0.429. The second-order valence-electron chi connectivity index (χ2n) is 6.59. The van der Waals surface area contributed by atoms with Crippen LogP contribution in [0.4, 0.5) is 17.2 Å². The number of aryl methyl sites for hydroxylation is 1. The number of fused-ring (bicyclic) bond motifs is 1. The molecule has 146 valence electrons. The highest BCUT2D eigenvalue weighted by atomic mass is 35.5. The topological polar surface area (TPSA) is 71.1 Å². The van der Waals surface area contributed by atoms with Crippen molar-refractivity contribution in [1.82, 2.24) is 4.98 Å². The van der Waals surface area contributed by atoms with Gasteiger partial charge in [0.2, 0.25) is 0 Å². The van der Waals surface area contributed by atoms with Gasteiger partial charge in [0.15, 0.2) is 0 Å². The van der Waals surface area contributed by atoms with Crippen LogP contribution in [-0.2, 0) is 10.0 Å². The lowest BCUT2D eigenvalue weighted by molar-refractivity contribution is 0.601. The Bertz CT molecular complexity index is 1280. The van der Waals surface area contributed by atoms with Crippen molar-refractivity contribution in [1.29, 1.82) is 0 Å². The second-order valence-corrected chi connectivity index (χ2v) is 8.64. The lowest BCUT2D eigenvalue weighted by Crippen LogP contribution is -2.13. The Labute approximate surface area is 174 Å². The van der Waals surface area contributed by atoms with Crippen molar-refractivity contribution in [2.75, 3.05) is 10.0 Å². The molecule has 29 heavy (non-hydrogen) atoms. The molecular formula is C22H18ClN3O2S. The van der Waals surface area contributed by atoms with Gasteiger partial charge in [-0.3, -0.25) is 4.72 Å². The summed E-state index contributed by atoms with van der Waals surface area (Å²) in [5, 5.41) is 4.09. The first-order chi connectivity index (χ1) is 13.9. The molecule has 0 amide bonds. The van der Waals surface area contributed by atoms with E-state index in [1.54, 1.807) is 36.4 Å². The molecule has 5 nitrogen and oxygen atoms in total. The first-order valence-electron chi connectivity index (χ1n) is 8.93. The number of hydrogen-bond acceptors (Lipinski definition) is 4.